The Balaban J connectivity index is 1.79. The number of aliphatic hydroxyl groups excluding tert-OH is 1. The number of aromatic hydroxyl groups is 1. The second-order valence-electron chi connectivity index (χ2n) is 7.94. The Kier molecular flexibility index (Phi) is 6.61. The number of aromatic carboxylic acids is 1. The van der Waals surface area contributed by atoms with Crippen LogP contribution >= 0.6 is 0 Å². The highest BCUT2D eigenvalue weighted by atomic mass is 16.4. The first-order valence-electron chi connectivity index (χ1n) is 10.8. The molecule has 9 heteroatoms. The SMILES string of the molecule is O=C(CO)CCCNC(=O)c1ccc(-c2c3ccc(=O)cc-3oc3cc(O)ccc23)c(C(=O)O)c1. The van der Waals surface area contributed by atoms with Crippen molar-refractivity contribution >= 4 is 28.6 Å². The molecule has 0 radical (unpaired) electrons. The lowest BCUT2D eigenvalue weighted by Gasteiger charge is -2.17. The number of ketones is 1. The van der Waals surface area contributed by atoms with Gasteiger partial charge in [-0.15, -0.1) is 0 Å². The van der Waals surface area contributed by atoms with Crippen molar-refractivity contribution < 1.29 is 34.1 Å². The summed E-state index contributed by atoms with van der Waals surface area (Å²) in [6.07, 6.45) is 0.463. The Hall–Kier alpha value is -4.50. The third-order valence-electron chi connectivity index (χ3n) is 5.55. The minimum atomic E-state index is -1.26. The lowest BCUT2D eigenvalue weighted by Crippen LogP contribution is -2.25. The maximum absolute atomic E-state index is 12.6. The number of carbonyl (C=O) groups is 3. The number of carboxylic acids is 1. The standard InChI is InChI=1S/C26H21NO8/c28-13-17(31)2-1-9-27-25(32)14-3-6-18(21(10-14)26(33)34)24-19-7-4-15(29)11-22(19)35-23-12-16(30)5-8-20(23)24/h3-8,10-12,28-29H,1-2,9,13H2,(H,27,32)(H,33,34). The van der Waals surface area contributed by atoms with Crippen LogP contribution in [0.5, 0.6) is 5.75 Å². The second-order valence-corrected chi connectivity index (χ2v) is 7.94. The molecule has 0 saturated heterocycles. The zero-order chi connectivity index (χ0) is 25.1. The smallest absolute Gasteiger partial charge is 0.336 e. The van der Waals surface area contributed by atoms with E-state index in [1.54, 1.807) is 12.1 Å². The molecule has 0 spiro atoms. The van der Waals surface area contributed by atoms with Crippen LogP contribution in [0.3, 0.4) is 0 Å². The molecule has 0 atom stereocenters. The number of phenolic OH excluding ortho intramolecular Hbond substituents is 1. The van der Waals surface area contributed by atoms with Crippen molar-refractivity contribution in [3.63, 3.8) is 0 Å². The quantitative estimate of drug-likeness (QED) is 0.224. The van der Waals surface area contributed by atoms with Gasteiger partial charge in [0, 0.05) is 47.2 Å². The summed E-state index contributed by atoms with van der Waals surface area (Å²) < 4.78 is 5.80. The van der Waals surface area contributed by atoms with Gasteiger partial charge in [-0.1, -0.05) is 6.07 Å². The topological polar surface area (TPSA) is 154 Å². The molecule has 0 aromatic heterocycles. The summed E-state index contributed by atoms with van der Waals surface area (Å²) in [5, 5.41) is 31.8. The normalized spacial score (nSPS) is 11.0. The molecule has 0 unspecified atom stereocenters. The van der Waals surface area contributed by atoms with Gasteiger partial charge in [-0.3, -0.25) is 14.4 Å². The molecule has 0 bridgehead atoms. The van der Waals surface area contributed by atoms with Crippen molar-refractivity contribution in [1.82, 2.24) is 5.32 Å². The summed E-state index contributed by atoms with van der Waals surface area (Å²) in [6.45, 7) is -0.367. The van der Waals surface area contributed by atoms with Gasteiger partial charge in [-0.05, 0) is 48.4 Å². The van der Waals surface area contributed by atoms with Gasteiger partial charge in [-0.25, -0.2) is 4.79 Å². The lowest BCUT2D eigenvalue weighted by molar-refractivity contribution is -0.121. The highest BCUT2D eigenvalue weighted by Gasteiger charge is 2.23. The third-order valence-corrected chi connectivity index (χ3v) is 5.55. The molecular formula is C26H21NO8. The van der Waals surface area contributed by atoms with Crippen molar-refractivity contribution in [2.45, 2.75) is 12.8 Å². The molecule has 1 amide bonds. The van der Waals surface area contributed by atoms with E-state index in [4.69, 9.17) is 9.52 Å². The molecular weight excluding hydrogens is 454 g/mol. The summed E-state index contributed by atoms with van der Waals surface area (Å²) >= 11 is 0. The molecule has 2 aromatic carbocycles. The fourth-order valence-corrected chi connectivity index (χ4v) is 3.90. The summed E-state index contributed by atoms with van der Waals surface area (Å²) in [6, 6.07) is 12.8. The van der Waals surface area contributed by atoms with Crippen LogP contribution in [-0.4, -0.2) is 46.1 Å². The molecule has 2 aliphatic rings. The van der Waals surface area contributed by atoms with Crippen LogP contribution in [0, 0.1) is 0 Å². The average molecular weight is 475 g/mol. The molecule has 4 rings (SSSR count). The highest BCUT2D eigenvalue weighted by molar-refractivity contribution is 6.09. The molecule has 2 aromatic rings. The summed E-state index contributed by atoms with van der Waals surface area (Å²) in [7, 11) is 0. The molecule has 1 aliphatic heterocycles. The van der Waals surface area contributed by atoms with Gasteiger partial charge in [0.15, 0.2) is 11.2 Å². The second kappa shape index (κ2) is 9.78. The van der Waals surface area contributed by atoms with Gasteiger partial charge < -0.3 is 25.1 Å². The number of aliphatic hydroxyl groups is 1. The first kappa shape index (κ1) is 23.7. The minimum absolute atomic E-state index is 0.0593. The van der Waals surface area contributed by atoms with Gasteiger partial charge >= 0.3 is 5.97 Å². The monoisotopic (exact) mass is 475 g/mol. The van der Waals surface area contributed by atoms with Crippen LogP contribution in [0.1, 0.15) is 33.6 Å². The molecule has 0 fully saturated rings. The van der Waals surface area contributed by atoms with E-state index in [1.165, 1.54) is 42.5 Å². The number of hydrogen-bond donors (Lipinski definition) is 4. The summed E-state index contributed by atoms with van der Waals surface area (Å²) in [5.41, 5.74) is 1.22. The largest absolute Gasteiger partial charge is 0.508 e. The Morgan fingerprint density at radius 1 is 0.943 bits per heavy atom. The van der Waals surface area contributed by atoms with Gasteiger partial charge in [0.25, 0.3) is 5.91 Å². The van der Waals surface area contributed by atoms with Crippen molar-refractivity contribution in [3.05, 3.63) is 75.9 Å². The number of fused-ring (bicyclic) bond motifs is 2. The van der Waals surface area contributed by atoms with E-state index in [-0.39, 0.29) is 52.4 Å². The molecule has 4 N–H and O–H groups in total. The number of hydrogen-bond acceptors (Lipinski definition) is 7. The van der Waals surface area contributed by atoms with E-state index in [1.807, 2.05) is 0 Å². The number of Topliss-reactive ketones (excluding diaryl/α,β-unsaturated/α-hetero) is 1. The Morgan fingerprint density at radius 3 is 2.46 bits per heavy atom. The maximum atomic E-state index is 12.6. The number of rotatable bonds is 8. The summed E-state index contributed by atoms with van der Waals surface area (Å²) in [5.74, 6) is -1.93. The Bertz CT molecular complexity index is 1490. The predicted octanol–water partition coefficient (Wildman–Crippen LogP) is 3.04. The number of amides is 1. The highest BCUT2D eigenvalue weighted by Crippen LogP contribution is 2.42. The van der Waals surface area contributed by atoms with Gasteiger partial charge in [0.1, 0.15) is 23.7 Å². The number of carboxylic acid groups (broad SMARTS) is 1. The van der Waals surface area contributed by atoms with Gasteiger partial charge in [0.2, 0.25) is 0 Å². The van der Waals surface area contributed by atoms with E-state index in [0.717, 1.165) is 0 Å². The first-order valence-corrected chi connectivity index (χ1v) is 10.8. The van der Waals surface area contributed by atoms with Crippen LogP contribution in [0.15, 0.2) is 63.8 Å². The van der Waals surface area contributed by atoms with Crippen LogP contribution < -0.4 is 10.7 Å². The fourth-order valence-electron chi connectivity index (χ4n) is 3.90. The van der Waals surface area contributed by atoms with E-state index in [0.29, 0.717) is 28.5 Å². The number of benzene rings is 3. The van der Waals surface area contributed by atoms with Crippen LogP contribution in [0.2, 0.25) is 0 Å². The van der Waals surface area contributed by atoms with Crippen molar-refractivity contribution in [2.75, 3.05) is 13.2 Å². The number of phenols is 1. The van der Waals surface area contributed by atoms with Gasteiger partial charge in [0.05, 0.1) is 5.56 Å². The molecule has 0 saturated carbocycles. The number of nitrogens with one attached hydrogen (secondary N) is 1. The van der Waals surface area contributed by atoms with E-state index >= 15 is 0 Å². The van der Waals surface area contributed by atoms with Crippen LogP contribution in [0.4, 0.5) is 0 Å². The third kappa shape index (κ3) is 4.90. The van der Waals surface area contributed by atoms with E-state index in [9.17, 15) is 29.4 Å². The zero-order valence-corrected chi connectivity index (χ0v) is 18.4. The molecule has 178 valence electrons. The van der Waals surface area contributed by atoms with Crippen molar-refractivity contribution in [2.24, 2.45) is 0 Å². The lowest BCUT2D eigenvalue weighted by atomic mass is 9.90. The Morgan fingerprint density at radius 2 is 1.71 bits per heavy atom. The molecule has 35 heavy (non-hydrogen) atoms. The van der Waals surface area contributed by atoms with Crippen molar-refractivity contribution in [1.29, 1.82) is 0 Å². The van der Waals surface area contributed by atoms with Crippen LogP contribution in [-0.2, 0) is 4.79 Å². The first-order chi connectivity index (χ1) is 16.8. The number of carbonyl (C=O) groups excluding carboxylic acids is 2. The average Bonchev–Trinajstić information content (AvgIpc) is 2.84. The van der Waals surface area contributed by atoms with E-state index in [2.05, 4.69) is 5.32 Å². The Labute approximate surface area is 198 Å². The molecule has 1 aliphatic carbocycles. The van der Waals surface area contributed by atoms with Crippen molar-refractivity contribution in [3.8, 4) is 28.2 Å². The maximum Gasteiger partial charge on any atom is 0.336 e. The van der Waals surface area contributed by atoms with E-state index < -0.39 is 18.5 Å². The molecule has 9 nitrogen and oxygen atoms in total. The van der Waals surface area contributed by atoms with Gasteiger partial charge in [-0.2, -0.15) is 0 Å². The van der Waals surface area contributed by atoms with Crippen LogP contribution in [0.25, 0.3) is 33.4 Å². The molecule has 1 heterocycles. The minimum Gasteiger partial charge on any atom is -0.508 e. The fraction of sp³-hybridized carbons (Fsp3) is 0.154. The predicted molar refractivity (Wildman–Crippen MR) is 127 cm³/mol. The summed E-state index contributed by atoms with van der Waals surface area (Å²) in [4.78, 5) is 47.9. The zero-order valence-electron chi connectivity index (χ0n) is 18.4.